The lowest BCUT2D eigenvalue weighted by Gasteiger charge is -2.05. The largest absolute Gasteiger partial charge is 0.252 e. The van der Waals surface area contributed by atoms with Gasteiger partial charge in [0.25, 0.3) is 0 Å². The molecule has 3 aromatic carbocycles. The number of rotatable bonds is 3. The Balaban J connectivity index is 1.62. The lowest BCUT2D eigenvalue weighted by molar-refractivity contribution is 0.597. The summed E-state index contributed by atoms with van der Waals surface area (Å²) in [5.41, 5.74) is 4.66. The Morgan fingerprint density at radius 1 is 0.923 bits per heavy atom. The van der Waals surface area contributed by atoms with Gasteiger partial charge in [-0.15, -0.1) is 0 Å². The van der Waals surface area contributed by atoms with Crippen molar-refractivity contribution in [3.05, 3.63) is 83.7 Å². The van der Waals surface area contributed by atoms with Gasteiger partial charge in [0, 0.05) is 12.0 Å². The van der Waals surface area contributed by atoms with E-state index in [9.17, 15) is 12.8 Å². The molecule has 0 saturated heterocycles. The summed E-state index contributed by atoms with van der Waals surface area (Å²) >= 11 is 0. The second kappa shape index (κ2) is 6.16. The van der Waals surface area contributed by atoms with Crippen molar-refractivity contribution in [1.29, 1.82) is 0 Å². The highest BCUT2D eigenvalue weighted by atomic mass is 32.2. The van der Waals surface area contributed by atoms with Gasteiger partial charge in [-0.2, -0.15) is 0 Å². The Bertz CT molecular complexity index is 1140. The number of hydrogen-bond donors (Lipinski definition) is 1. The van der Waals surface area contributed by atoms with Crippen LogP contribution in [-0.4, -0.2) is 14.1 Å². The molecule has 0 atom stereocenters. The molecule has 1 aliphatic rings. The van der Waals surface area contributed by atoms with Crippen molar-refractivity contribution in [2.75, 3.05) is 0 Å². The van der Waals surface area contributed by atoms with Crippen LogP contribution in [0.15, 0.2) is 76.6 Å². The third kappa shape index (κ3) is 3.05. The molecule has 4 rings (SSSR count). The molecule has 3 aromatic rings. The number of primary sulfonamides is 1. The van der Waals surface area contributed by atoms with Gasteiger partial charge < -0.3 is 0 Å². The minimum absolute atomic E-state index is 0.0857. The molecule has 0 aromatic heterocycles. The van der Waals surface area contributed by atoms with Crippen LogP contribution < -0.4 is 5.14 Å². The van der Waals surface area contributed by atoms with Gasteiger partial charge in [-0.3, -0.25) is 4.99 Å². The highest BCUT2D eigenvalue weighted by Crippen LogP contribution is 2.31. The van der Waals surface area contributed by atoms with Crippen molar-refractivity contribution in [3.8, 4) is 11.1 Å². The molecule has 130 valence electrons. The normalized spacial score (nSPS) is 13.4. The molecule has 0 bridgehead atoms. The molecule has 0 aliphatic carbocycles. The first-order valence-corrected chi connectivity index (χ1v) is 9.55. The van der Waals surface area contributed by atoms with E-state index in [4.69, 9.17) is 5.14 Å². The summed E-state index contributed by atoms with van der Waals surface area (Å²) in [6.07, 6.45) is 0.526. The zero-order valence-electron chi connectivity index (χ0n) is 13.7. The molecule has 0 unspecified atom stereocenters. The van der Waals surface area contributed by atoms with Crippen LogP contribution in [-0.2, 0) is 16.4 Å². The smallest absolute Gasteiger partial charge is 0.238 e. The quantitative estimate of drug-likeness (QED) is 0.765. The molecule has 1 heterocycles. The summed E-state index contributed by atoms with van der Waals surface area (Å²) < 4.78 is 36.9. The molecular weight excluding hydrogens is 351 g/mol. The van der Waals surface area contributed by atoms with Crippen LogP contribution in [0.4, 0.5) is 10.1 Å². The molecule has 0 radical (unpaired) electrons. The molecule has 26 heavy (non-hydrogen) atoms. The predicted octanol–water partition coefficient (Wildman–Crippen LogP) is 3.82. The molecule has 0 saturated carbocycles. The van der Waals surface area contributed by atoms with Crippen molar-refractivity contribution in [1.82, 2.24) is 0 Å². The lowest BCUT2D eigenvalue weighted by atomic mass is 10.00. The Morgan fingerprint density at radius 2 is 1.62 bits per heavy atom. The second-order valence-corrected chi connectivity index (χ2v) is 7.69. The topological polar surface area (TPSA) is 72.5 Å². The van der Waals surface area contributed by atoms with Crippen LogP contribution in [0.25, 0.3) is 11.1 Å². The number of halogens is 1. The van der Waals surface area contributed by atoms with E-state index in [1.807, 2.05) is 24.3 Å². The fraction of sp³-hybridized carbons (Fsp3) is 0.0500. The van der Waals surface area contributed by atoms with Crippen LogP contribution in [0.2, 0.25) is 0 Å². The highest BCUT2D eigenvalue weighted by Gasteiger charge is 2.19. The molecular formula is C20H15FN2O2S. The number of nitrogens with two attached hydrogens (primary N) is 1. The molecule has 6 heteroatoms. The van der Waals surface area contributed by atoms with Crippen LogP contribution in [0, 0.1) is 5.82 Å². The molecule has 1 aliphatic heterocycles. The van der Waals surface area contributed by atoms with Gasteiger partial charge in [0.05, 0.1) is 16.3 Å². The van der Waals surface area contributed by atoms with Crippen molar-refractivity contribution in [2.24, 2.45) is 10.1 Å². The maximum absolute atomic E-state index is 13.9. The third-order valence-corrected chi connectivity index (χ3v) is 5.31. The van der Waals surface area contributed by atoms with E-state index in [1.54, 1.807) is 30.3 Å². The van der Waals surface area contributed by atoms with Crippen LogP contribution in [0.3, 0.4) is 0 Å². The molecule has 0 fully saturated rings. The summed E-state index contributed by atoms with van der Waals surface area (Å²) in [5.74, 6) is -0.263. The highest BCUT2D eigenvalue weighted by molar-refractivity contribution is 7.89. The first-order chi connectivity index (χ1) is 12.4. The van der Waals surface area contributed by atoms with Crippen LogP contribution in [0.5, 0.6) is 0 Å². The zero-order valence-corrected chi connectivity index (χ0v) is 14.5. The standard InChI is InChI=1S/C20H15FN2O2S/c21-18-4-2-1-3-17(18)13-5-7-14(8-6-13)20-12-15-11-16(26(22,24)25)9-10-19(15)23-20/h1-11H,12H2,(H2,22,24,25). The van der Waals surface area contributed by atoms with E-state index in [1.165, 1.54) is 12.1 Å². The maximum atomic E-state index is 13.9. The monoisotopic (exact) mass is 366 g/mol. The van der Waals surface area contributed by atoms with Crippen LogP contribution in [0.1, 0.15) is 11.1 Å². The van der Waals surface area contributed by atoms with Gasteiger partial charge in [-0.1, -0.05) is 42.5 Å². The third-order valence-electron chi connectivity index (χ3n) is 4.40. The van der Waals surface area contributed by atoms with Gasteiger partial charge in [0.15, 0.2) is 0 Å². The van der Waals surface area contributed by atoms with Crippen molar-refractivity contribution < 1.29 is 12.8 Å². The number of benzene rings is 3. The summed E-state index contributed by atoms with van der Waals surface area (Å²) in [6.45, 7) is 0. The summed E-state index contributed by atoms with van der Waals surface area (Å²) in [7, 11) is -3.73. The average molecular weight is 366 g/mol. The Morgan fingerprint density at radius 3 is 2.31 bits per heavy atom. The number of aliphatic imine (C=N–C) groups is 1. The van der Waals surface area contributed by atoms with Crippen molar-refractivity contribution in [3.63, 3.8) is 0 Å². The van der Waals surface area contributed by atoms with E-state index in [-0.39, 0.29) is 10.7 Å². The molecule has 0 amide bonds. The maximum Gasteiger partial charge on any atom is 0.238 e. The Hall–Kier alpha value is -2.83. The van der Waals surface area contributed by atoms with E-state index in [0.29, 0.717) is 12.0 Å². The molecule has 0 spiro atoms. The average Bonchev–Trinajstić information content (AvgIpc) is 3.05. The molecule has 2 N–H and O–H groups in total. The first-order valence-electron chi connectivity index (χ1n) is 8.00. The summed E-state index contributed by atoms with van der Waals surface area (Å²) in [5, 5.41) is 5.18. The van der Waals surface area contributed by atoms with Gasteiger partial charge in [-0.05, 0) is 41.0 Å². The van der Waals surface area contributed by atoms with E-state index in [0.717, 1.165) is 28.1 Å². The van der Waals surface area contributed by atoms with E-state index < -0.39 is 10.0 Å². The zero-order chi connectivity index (χ0) is 18.3. The predicted molar refractivity (Wildman–Crippen MR) is 99.6 cm³/mol. The van der Waals surface area contributed by atoms with Gasteiger partial charge >= 0.3 is 0 Å². The SMILES string of the molecule is NS(=O)(=O)c1ccc2c(c1)CC(c1ccc(-c3ccccc3F)cc1)=N2. The van der Waals surface area contributed by atoms with E-state index >= 15 is 0 Å². The van der Waals surface area contributed by atoms with Gasteiger partial charge in [-0.25, -0.2) is 17.9 Å². The Labute approximate surface area is 150 Å². The minimum atomic E-state index is -3.73. The fourth-order valence-electron chi connectivity index (χ4n) is 3.06. The Kier molecular flexibility index (Phi) is 3.94. The second-order valence-electron chi connectivity index (χ2n) is 6.13. The number of fused-ring (bicyclic) bond motifs is 1. The van der Waals surface area contributed by atoms with Crippen molar-refractivity contribution in [2.45, 2.75) is 11.3 Å². The summed E-state index contributed by atoms with van der Waals surface area (Å²) in [6, 6.07) is 18.8. The first kappa shape index (κ1) is 16.6. The van der Waals surface area contributed by atoms with Gasteiger partial charge in [0.1, 0.15) is 5.82 Å². The number of sulfonamides is 1. The summed E-state index contributed by atoms with van der Waals surface area (Å²) in [4.78, 5) is 4.66. The lowest BCUT2D eigenvalue weighted by Crippen LogP contribution is -2.12. The number of hydrogen-bond acceptors (Lipinski definition) is 3. The van der Waals surface area contributed by atoms with Crippen molar-refractivity contribution >= 4 is 21.4 Å². The van der Waals surface area contributed by atoms with Crippen LogP contribution >= 0.6 is 0 Å². The van der Waals surface area contributed by atoms with E-state index in [2.05, 4.69) is 4.99 Å². The number of nitrogens with zero attached hydrogens (tertiary/aromatic N) is 1. The fourth-order valence-corrected chi connectivity index (χ4v) is 3.62. The minimum Gasteiger partial charge on any atom is -0.252 e. The molecule has 4 nitrogen and oxygen atoms in total. The van der Waals surface area contributed by atoms with Gasteiger partial charge in [0.2, 0.25) is 10.0 Å².